The van der Waals surface area contributed by atoms with Crippen LogP contribution in [0.15, 0.2) is 0 Å². The first-order chi connectivity index (χ1) is 8.65. The summed E-state index contributed by atoms with van der Waals surface area (Å²) < 4.78 is 11.3. The highest BCUT2D eigenvalue weighted by atomic mass is 16.5. The van der Waals surface area contributed by atoms with Gasteiger partial charge in [0.25, 0.3) is 0 Å². The van der Waals surface area contributed by atoms with Gasteiger partial charge in [0.05, 0.1) is 14.2 Å². The molecule has 1 aliphatic rings. The van der Waals surface area contributed by atoms with Crippen LogP contribution in [-0.2, 0) is 6.42 Å². The molecular weight excluding hydrogens is 226 g/mol. The molecule has 1 unspecified atom stereocenters. The molecule has 1 N–H and O–H groups in total. The van der Waals surface area contributed by atoms with E-state index in [2.05, 4.69) is 26.1 Å². The van der Waals surface area contributed by atoms with Crippen molar-refractivity contribution in [3.8, 4) is 11.5 Å². The summed E-state index contributed by atoms with van der Waals surface area (Å²) >= 11 is 0. The van der Waals surface area contributed by atoms with Crippen LogP contribution < -0.4 is 14.8 Å². The van der Waals surface area contributed by atoms with Crippen molar-refractivity contribution in [2.24, 2.45) is 0 Å². The predicted octanol–water partition coefficient (Wildman–Crippen LogP) is 2.92. The van der Waals surface area contributed by atoms with Crippen molar-refractivity contribution in [3.63, 3.8) is 0 Å². The van der Waals surface area contributed by atoms with Gasteiger partial charge in [-0.1, -0.05) is 6.92 Å². The van der Waals surface area contributed by atoms with E-state index in [1.54, 1.807) is 14.2 Å². The highest BCUT2D eigenvalue weighted by Crippen LogP contribution is 2.43. The van der Waals surface area contributed by atoms with Crippen LogP contribution in [0.25, 0.3) is 0 Å². The SMILES string of the molecule is CCC1NCCc2c(OC)c(C)c(C)c(OC)c21. The molecule has 2 rings (SSSR count). The van der Waals surface area contributed by atoms with E-state index in [0.29, 0.717) is 6.04 Å². The van der Waals surface area contributed by atoms with Gasteiger partial charge in [0.1, 0.15) is 11.5 Å². The Hall–Kier alpha value is -1.22. The van der Waals surface area contributed by atoms with Crippen molar-refractivity contribution in [2.45, 2.75) is 39.7 Å². The number of nitrogens with one attached hydrogen (secondary N) is 1. The van der Waals surface area contributed by atoms with Gasteiger partial charge in [-0.25, -0.2) is 0 Å². The highest BCUT2D eigenvalue weighted by molar-refractivity contribution is 5.60. The molecule has 0 amide bonds. The molecule has 100 valence electrons. The summed E-state index contributed by atoms with van der Waals surface area (Å²) in [5, 5.41) is 3.56. The molecule has 3 heteroatoms. The molecule has 1 aliphatic heterocycles. The normalized spacial score (nSPS) is 18.4. The molecule has 0 aliphatic carbocycles. The minimum absolute atomic E-state index is 0.372. The molecule has 3 nitrogen and oxygen atoms in total. The topological polar surface area (TPSA) is 30.5 Å². The summed E-state index contributed by atoms with van der Waals surface area (Å²) in [5.74, 6) is 2.07. The smallest absolute Gasteiger partial charge is 0.127 e. The van der Waals surface area contributed by atoms with E-state index in [9.17, 15) is 0 Å². The third kappa shape index (κ3) is 1.87. The Balaban J connectivity index is 2.73. The zero-order valence-corrected chi connectivity index (χ0v) is 12.0. The standard InChI is InChI=1S/C15H23NO2/c1-6-12-13-11(7-8-16-12)14(17-4)9(2)10(3)15(13)18-5/h12,16H,6-8H2,1-5H3. The van der Waals surface area contributed by atoms with Gasteiger partial charge in [0.15, 0.2) is 0 Å². The molecule has 0 saturated carbocycles. The number of hydrogen-bond donors (Lipinski definition) is 1. The first-order valence-corrected chi connectivity index (χ1v) is 6.62. The number of rotatable bonds is 3. The van der Waals surface area contributed by atoms with Crippen LogP contribution in [0.4, 0.5) is 0 Å². The minimum atomic E-state index is 0.372. The van der Waals surface area contributed by atoms with Crippen LogP contribution in [0.1, 0.15) is 41.6 Å². The Morgan fingerprint density at radius 2 is 1.72 bits per heavy atom. The fraction of sp³-hybridized carbons (Fsp3) is 0.600. The lowest BCUT2D eigenvalue weighted by molar-refractivity contribution is 0.369. The van der Waals surface area contributed by atoms with Gasteiger partial charge in [-0.2, -0.15) is 0 Å². The largest absolute Gasteiger partial charge is 0.496 e. The van der Waals surface area contributed by atoms with E-state index >= 15 is 0 Å². The van der Waals surface area contributed by atoms with Crippen molar-refractivity contribution in [1.29, 1.82) is 0 Å². The molecule has 1 aromatic carbocycles. The summed E-state index contributed by atoms with van der Waals surface area (Å²) in [6.07, 6.45) is 2.07. The van der Waals surface area contributed by atoms with Crippen LogP contribution in [0, 0.1) is 13.8 Å². The fourth-order valence-electron chi connectivity index (χ4n) is 3.01. The van der Waals surface area contributed by atoms with E-state index in [1.165, 1.54) is 22.3 Å². The maximum absolute atomic E-state index is 5.66. The van der Waals surface area contributed by atoms with Gasteiger partial charge >= 0.3 is 0 Å². The van der Waals surface area contributed by atoms with E-state index < -0.39 is 0 Å². The molecule has 0 spiro atoms. The molecule has 0 aromatic heterocycles. The lowest BCUT2D eigenvalue weighted by Crippen LogP contribution is -2.30. The zero-order valence-electron chi connectivity index (χ0n) is 12.0. The van der Waals surface area contributed by atoms with Crippen molar-refractivity contribution < 1.29 is 9.47 Å². The summed E-state index contributed by atoms with van der Waals surface area (Å²) in [5.41, 5.74) is 5.01. The van der Waals surface area contributed by atoms with Crippen molar-refractivity contribution in [2.75, 3.05) is 20.8 Å². The maximum atomic E-state index is 5.66. The Bertz CT molecular complexity index is 455. The van der Waals surface area contributed by atoms with E-state index in [1.807, 2.05) is 0 Å². The van der Waals surface area contributed by atoms with Gasteiger partial charge < -0.3 is 14.8 Å². The monoisotopic (exact) mass is 249 g/mol. The molecule has 1 atom stereocenters. The third-order valence-corrected chi connectivity index (χ3v) is 4.02. The lowest BCUT2D eigenvalue weighted by atomic mass is 9.87. The van der Waals surface area contributed by atoms with Crippen LogP contribution in [-0.4, -0.2) is 20.8 Å². The lowest BCUT2D eigenvalue weighted by Gasteiger charge is -2.31. The highest BCUT2D eigenvalue weighted by Gasteiger charge is 2.28. The molecule has 0 saturated heterocycles. The van der Waals surface area contributed by atoms with E-state index in [4.69, 9.17) is 9.47 Å². The molecule has 1 heterocycles. The maximum Gasteiger partial charge on any atom is 0.127 e. The zero-order chi connectivity index (χ0) is 13.3. The van der Waals surface area contributed by atoms with Gasteiger partial charge in [-0.3, -0.25) is 0 Å². The molecule has 0 bridgehead atoms. The first kappa shape index (κ1) is 13.2. The van der Waals surface area contributed by atoms with Crippen LogP contribution >= 0.6 is 0 Å². The number of hydrogen-bond acceptors (Lipinski definition) is 3. The molecule has 0 fully saturated rings. The second kappa shape index (κ2) is 5.19. The quantitative estimate of drug-likeness (QED) is 0.893. The Labute approximate surface area is 109 Å². The van der Waals surface area contributed by atoms with Crippen LogP contribution in [0.2, 0.25) is 0 Å². The third-order valence-electron chi connectivity index (χ3n) is 4.02. The van der Waals surface area contributed by atoms with E-state index in [0.717, 1.165) is 30.9 Å². The van der Waals surface area contributed by atoms with Gasteiger partial charge in [-0.15, -0.1) is 0 Å². The molecular formula is C15H23NO2. The van der Waals surface area contributed by atoms with Crippen LogP contribution in [0.3, 0.4) is 0 Å². The summed E-state index contributed by atoms with van der Waals surface area (Å²) in [6.45, 7) is 7.43. The second-order valence-corrected chi connectivity index (χ2v) is 4.87. The summed E-state index contributed by atoms with van der Waals surface area (Å²) in [4.78, 5) is 0. The number of ether oxygens (including phenoxy) is 2. The Morgan fingerprint density at radius 3 is 2.28 bits per heavy atom. The number of benzene rings is 1. The van der Waals surface area contributed by atoms with Crippen molar-refractivity contribution in [3.05, 3.63) is 22.3 Å². The summed E-state index contributed by atoms with van der Waals surface area (Å²) in [7, 11) is 3.52. The van der Waals surface area contributed by atoms with Crippen LogP contribution in [0.5, 0.6) is 11.5 Å². The molecule has 0 radical (unpaired) electrons. The van der Waals surface area contributed by atoms with Crippen molar-refractivity contribution >= 4 is 0 Å². The number of fused-ring (bicyclic) bond motifs is 1. The average Bonchev–Trinajstić information content (AvgIpc) is 2.40. The van der Waals surface area contributed by atoms with E-state index in [-0.39, 0.29) is 0 Å². The molecule has 1 aromatic rings. The Morgan fingerprint density at radius 1 is 1.11 bits per heavy atom. The van der Waals surface area contributed by atoms with Crippen molar-refractivity contribution in [1.82, 2.24) is 5.32 Å². The predicted molar refractivity (Wildman–Crippen MR) is 73.8 cm³/mol. The summed E-state index contributed by atoms with van der Waals surface area (Å²) in [6, 6.07) is 0.372. The average molecular weight is 249 g/mol. The van der Waals surface area contributed by atoms with Gasteiger partial charge in [-0.05, 0) is 44.4 Å². The number of methoxy groups -OCH3 is 2. The first-order valence-electron chi connectivity index (χ1n) is 6.62. The van der Waals surface area contributed by atoms with Gasteiger partial charge in [0.2, 0.25) is 0 Å². The van der Waals surface area contributed by atoms with Gasteiger partial charge in [0, 0.05) is 17.2 Å². The minimum Gasteiger partial charge on any atom is -0.496 e. The molecule has 18 heavy (non-hydrogen) atoms. The second-order valence-electron chi connectivity index (χ2n) is 4.87. The Kier molecular flexibility index (Phi) is 3.81. The fourth-order valence-corrected chi connectivity index (χ4v) is 3.01.